The van der Waals surface area contributed by atoms with Gasteiger partial charge in [-0.05, 0) is 61.4 Å². The summed E-state index contributed by atoms with van der Waals surface area (Å²) in [4.78, 5) is 13.7. The van der Waals surface area contributed by atoms with Crippen molar-refractivity contribution in [2.75, 3.05) is 18.1 Å². The molecule has 0 saturated heterocycles. The SMILES string of the molecule is O=C([O-])c1cccc2c1CCCN2Cc1cc(Cl)ccc1OCC1CCC1.[Na+]. The smallest absolute Gasteiger partial charge is 0.545 e. The van der Waals surface area contributed by atoms with Crippen molar-refractivity contribution in [1.29, 1.82) is 0 Å². The maximum absolute atomic E-state index is 11.5. The molecule has 4 nitrogen and oxygen atoms in total. The number of rotatable bonds is 6. The van der Waals surface area contributed by atoms with Crippen LogP contribution in [0.15, 0.2) is 36.4 Å². The van der Waals surface area contributed by atoms with E-state index < -0.39 is 5.97 Å². The zero-order chi connectivity index (χ0) is 18.8. The number of halogens is 1. The summed E-state index contributed by atoms with van der Waals surface area (Å²) >= 11 is 6.24. The summed E-state index contributed by atoms with van der Waals surface area (Å²) in [6.07, 6.45) is 5.46. The average molecular weight is 408 g/mol. The molecule has 1 aliphatic heterocycles. The third-order valence-corrected chi connectivity index (χ3v) is 5.88. The van der Waals surface area contributed by atoms with Crippen molar-refractivity contribution in [3.05, 3.63) is 58.1 Å². The number of carbonyl (C=O) groups is 1. The molecule has 2 aliphatic rings. The maximum Gasteiger partial charge on any atom is 1.00 e. The van der Waals surface area contributed by atoms with Crippen LogP contribution in [-0.4, -0.2) is 19.1 Å². The molecule has 2 aromatic carbocycles. The third kappa shape index (κ3) is 4.68. The molecule has 0 radical (unpaired) electrons. The predicted octanol–water partition coefficient (Wildman–Crippen LogP) is 0.839. The number of benzene rings is 2. The minimum absolute atomic E-state index is 0. The molecule has 0 aromatic heterocycles. The second-order valence-corrected chi connectivity index (χ2v) is 7.91. The average Bonchev–Trinajstić information content (AvgIpc) is 2.62. The van der Waals surface area contributed by atoms with Gasteiger partial charge in [0.1, 0.15) is 5.75 Å². The van der Waals surface area contributed by atoms with Crippen LogP contribution in [0.2, 0.25) is 5.02 Å². The molecule has 0 N–H and O–H groups in total. The van der Waals surface area contributed by atoms with Gasteiger partial charge in [-0.1, -0.05) is 30.2 Å². The number of anilines is 1. The van der Waals surface area contributed by atoms with Gasteiger partial charge in [-0.2, -0.15) is 0 Å². The van der Waals surface area contributed by atoms with Crippen LogP contribution in [0.5, 0.6) is 5.75 Å². The van der Waals surface area contributed by atoms with Gasteiger partial charge in [-0.15, -0.1) is 0 Å². The van der Waals surface area contributed by atoms with Crippen LogP contribution in [0.3, 0.4) is 0 Å². The van der Waals surface area contributed by atoms with Gasteiger partial charge < -0.3 is 19.5 Å². The quantitative estimate of drug-likeness (QED) is 0.666. The summed E-state index contributed by atoms with van der Waals surface area (Å²) in [7, 11) is 0. The Bertz CT molecular complexity index is 854. The fourth-order valence-corrected chi connectivity index (χ4v) is 4.14. The molecule has 0 amide bonds. The molecular weight excluding hydrogens is 385 g/mol. The summed E-state index contributed by atoms with van der Waals surface area (Å²) in [6.45, 7) is 2.27. The minimum atomic E-state index is -1.11. The number of carboxylic acids is 1. The zero-order valence-electron chi connectivity index (χ0n) is 16.2. The van der Waals surface area contributed by atoms with Crippen LogP contribution in [0, 0.1) is 5.92 Å². The molecule has 0 bridgehead atoms. The van der Waals surface area contributed by atoms with Gasteiger partial charge >= 0.3 is 29.6 Å². The number of carboxylic acid groups (broad SMARTS) is 1. The maximum atomic E-state index is 11.5. The van der Waals surface area contributed by atoms with Crippen molar-refractivity contribution in [3.63, 3.8) is 0 Å². The second kappa shape index (κ2) is 9.53. The van der Waals surface area contributed by atoms with E-state index >= 15 is 0 Å². The molecule has 4 rings (SSSR count). The van der Waals surface area contributed by atoms with Crippen LogP contribution >= 0.6 is 11.6 Å². The van der Waals surface area contributed by atoms with Crippen LogP contribution < -0.4 is 44.3 Å². The fraction of sp³-hybridized carbons (Fsp3) is 0.409. The van der Waals surface area contributed by atoms with E-state index in [1.54, 1.807) is 12.1 Å². The van der Waals surface area contributed by atoms with Gasteiger partial charge in [-0.25, -0.2) is 0 Å². The first-order chi connectivity index (χ1) is 13.1. The number of hydrogen-bond acceptors (Lipinski definition) is 4. The molecule has 6 heteroatoms. The van der Waals surface area contributed by atoms with Gasteiger partial charge in [0.05, 0.1) is 12.6 Å². The monoisotopic (exact) mass is 407 g/mol. The zero-order valence-corrected chi connectivity index (χ0v) is 19.0. The summed E-state index contributed by atoms with van der Waals surface area (Å²) in [5, 5.41) is 12.1. The number of fused-ring (bicyclic) bond motifs is 1. The molecule has 1 heterocycles. The van der Waals surface area contributed by atoms with Crippen LogP contribution in [-0.2, 0) is 13.0 Å². The Kier molecular flexibility index (Phi) is 7.32. The molecule has 1 saturated carbocycles. The van der Waals surface area contributed by atoms with Gasteiger partial charge in [0.15, 0.2) is 0 Å². The topological polar surface area (TPSA) is 52.6 Å². The summed E-state index contributed by atoms with van der Waals surface area (Å²) in [5.41, 5.74) is 3.16. The van der Waals surface area contributed by atoms with Gasteiger partial charge in [0, 0.05) is 34.9 Å². The standard InChI is InChI=1S/C22H24ClNO3.Na/c23-17-9-10-21(27-14-15-4-1-5-15)16(12-17)13-24-11-3-7-18-19(22(25)26)6-2-8-20(18)24;/h2,6,8-10,12,15H,1,3-5,7,11,13-14H2,(H,25,26);/q;+1/p-1. The Morgan fingerprint density at radius 1 is 1.21 bits per heavy atom. The second-order valence-electron chi connectivity index (χ2n) is 7.48. The molecule has 0 atom stereocenters. The third-order valence-electron chi connectivity index (χ3n) is 5.65. The number of nitrogens with zero attached hydrogens (tertiary/aromatic N) is 1. The molecular formula is C22H23ClNNaO3. The van der Waals surface area contributed by atoms with Crippen molar-refractivity contribution >= 4 is 23.3 Å². The summed E-state index contributed by atoms with van der Waals surface area (Å²) in [5.74, 6) is 0.422. The van der Waals surface area contributed by atoms with E-state index in [1.807, 2.05) is 24.3 Å². The van der Waals surface area contributed by atoms with E-state index in [9.17, 15) is 9.90 Å². The van der Waals surface area contributed by atoms with Crippen molar-refractivity contribution in [3.8, 4) is 5.75 Å². The van der Waals surface area contributed by atoms with Gasteiger partial charge in [0.2, 0.25) is 0 Å². The largest absolute Gasteiger partial charge is 1.00 e. The van der Waals surface area contributed by atoms with E-state index in [0.29, 0.717) is 23.0 Å². The number of hydrogen-bond donors (Lipinski definition) is 0. The van der Waals surface area contributed by atoms with E-state index in [4.69, 9.17) is 16.3 Å². The number of ether oxygens (including phenoxy) is 1. The fourth-order valence-electron chi connectivity index (χ4n) is 3.94. The Hall–Kier alpha value is -1.20. The van der Waals surface area contributed by atoms with Crippen molar-refractivity contribution in [2.45, 2.75) is 38.6 Å². The first kappa shape index (κ1) is 21.5. The molecule has 2 aromatic rings. The molecule has 0 unspecified atom stereocenters. The van der Waals surface area contributed by atoms with Gasteiger partial charge in [0.25, 0.3) is 0 Å². The van der Waals surface area contributed by atoms with Crippen LogP contribution in [0.1, 0.15) is 47.2 Å². The Morgan fingerprint density at radius 3 is 2.75 bits per heavy atom. The van der Waals surface area contributed by atoms with Crippen LogP contribution in [0.4, 0.5) is 5.69 Å². The van der Waals surface area contributed by atoms with E-state index in [2.05, 4.69) is 4.90 Å². The van der Waals surface area contributed by atoms with E-state index in [-0.39, 0.29) is 29.6 Å². The minimum Gasteiger partial charge on any atom is -0.545 e. The Balaban J connectivity index is 0.00000225. The summed E-state index contributed by atoms with van der Waals surface area (Å²) < 4.78 is 6.10. The van der Waals surface area contributed by atoms with Crippen molar-refractivity contribution in [2.24, 2.45) is 5.92 Å². The normalized spacial score (nSPS) is 16.0. The first-order valence-corrected chi connectivity index (χ1v) is 9.99. The summed E-state index contributed by atoms with van der Waals surface area (Å²) in [6, 6.07) is 11.2. The molecule has 0 spiro atoms. The van der Waals surface area contributed by atoms with Crippen molar-refractivity contribution in [1.82, 2.24) is 0 Å². The molecule has 142 valence electrons. The molecule has 1 fully saturated rings. The Morgan fingerprint density at radius 2 is 2.04 bits per heavy atom. The molecule has 28 heavy (non-hydrogen) atoms. The first-order valence-electron chi connectivity index (χ1n) is 9.61. The number of aromatic carboxylic acids is 1. The van der Waals surface area contributed by atoms with E-state index in [0.717, 1.165) is 48.6 Å². The molecule has 1 aliphatic carbocycles. The van der Waals surface area contributed by atoms with Crippen molar-refractivity contribution < 1.29 is 44.2 Å². The van der Waals surface area contributed by atoms with E-state index in [1.165, 1.54) is 19.3 Å². The van der Waals surface area contributed by atoms with Gasteiger partial charge in [-0.3, -0.25) is 0 Å². The number of carbonyl (C=O) groups excluding carboxylic acids is 1. The van der Waals surface area contributed by atoms with Crippen LogP contribution in [0.25, 0.3) is 0 Å². The Labute approximate surface area is 193 Å². The predicted molar refractivity (Wildman–Crippen MR) is 104 cm³/mol.